The van der Waals surface area contributed by atoms with E-state index in [4.69, 9.17) is 4.74 Å². The number of ether oxygens (including phenoxy) is 1. The highest BCUT2D eigenvalue weighted by Crippen LogP contribution is 2.15. The second kappa shape index (κ2) is 5.24. The van der Waals surface area contributed by atoms with Crippen LogP contribution in [0.2, 0.25) is 0 Å². The van der Waals surface area contributed by atoms with Gasteiger partial charge in [0.15, 0.2) is 0 Å². The molecule has 1 aromatic carbocycles. The first-order chi connectivity index (χ1) is 9.34. The second-order valence-corrected chi connectivity index (χ2v) is 4.53. The summed E-state index contributed by atoms with van der Waals surface area (Å²) in [6.07, 6.45) is 4.87. The van der Waals surface area contributed by atoms with E-state index in [1.807, 2.05) is 30.5 Å². The van der Waals surface area contributed by atoms with E-state index in [1.165, 1.54) is 0 Å². The molecule has 0 aliphatic carbocycles. The van der Waals surface area contributed by atoms with Crippen molar-refractivity contribution in [3.05, 3.63) is 36.0 Å². The topological polar surface area (TPSA) is 66.5 Å². The molecular formula is C14H15N3O2. The SMILES string of the molecule is O=C(N/N=C/c1c[nH]c2ccccc12)[C@@H]1CCCO1. The third-order valence-electron chi connectivity index (χ3n) is 3.22. The quantitative estimate of drug-likeness (QED) is 0.650. The Kier molecular flexibility index (Phi) is 3.29. The Balaban J connectivity index is 1.67. The maximum atomic E-state index is 11.7. The molecule has 1 aromatic heterocycles. The third-order valence-corrected chi connectivity index (χ3v) is 3.22. The number of H-pyrrole nitrogens is 1. The Labute approximate surface area is 110 Å². The average Bonchev–Trinajstić information content (AvgIpc) is 3.08. The lowest BCUT2D eigenvalue weighted by atomic mass is 10.2. The number of rotatable bonds is 3. The van der Waals surface area contributed by atoms with Crippen LogP contribution >= 0.6 is 0 Å². The Hall–Kier alpha value is -2.14. The molecule has 1 fully saturated rings. The average molecular weight is 257 g/mol. The molecule has 1 amide bonds. The van der Waals surface area contributed by atoms with E-state index in [2.05, 4.69) is 15.5 Å². The van der Waals surface area contributed by atoms with Crippen molar-refractivity contribution < 1.29 is 9.53 Å². The number of aromatic amines is 1. The van der Waals surface area contributed by atoms with Gasteiger partial charge in [-0.15, -0.1) is 0 Å². The molecule has 2 heterocycles. The predicted octanol–water partition coefficient (Wildman–Crippen LogP) is 1.80. The molecule has 2 aromatic rings. The van der Waals surface area contributed by atoms with Crippen LogP contribution < -0.4 is 5.43 Å². The minimum absolute atomic E-state index is 0.173. The van der Waals surface area contributed by atoms with Gasteiger partial charge < -0.3 is 9.72 Å². The molecule has 0 bridgehead atoms. The number of nitrogens with one attached hydrogen (secondary N) is 2. The molecule has 5 heteroatoms. The van der Waals surface area contributed by atoms with Crippen molar-refractivity contribution in [2.24, 2.45) is 5.10 Å². The third kappa shape index (κ3) is 2.51. The van der Waals surface area contributed by atoms with Crippen molar-refractivity contribution in [1.82, 2.24) is 10.4 Å². The van der Waals surface area contributed by atoms with E-state index in [0.29, 0.717) is 6.61 Å². The lowest BCUT2D eigenvalue weighted by Gasteiger charge is -2.05. The highest BCUT2D eigenvalue weighted by Gasteiger charge is 2.22. The van der Waals surface area contributed by atoms with Gasteiger partial charge in [0.1, 0.15) is 6.10 Å². The lowest BCUT2D eigenvalue weighted by Crippen LogP contribution is -2.30. The van der Waals surface area contributed by atoms with Gasteiger partial charge in [0.05, 0.1) is 6.21 Å². The monoisotopic (exact) mass is 257 g/mol. The lowest BCUT2D eigenvalue weighted by molar-refractivity contribution is -0.130. The van der Waals surface area contributed by atoms with E-state index in [0.717, 1.165) is 29.3 Å². The van der Waals surface area contributed by atoms with Gasteiger partial charge in [0.25, 0.3) is 5.91 Å². The number of amides is 1. The Morgan fingerprint density at radius 2 is 2.37 bits per heavy atom. The van der Waals surface area contributed by atoms with Gasteiger partial charge in [0, 0.05) is 29.3 Å². The van der Waals surface area contributed by atoms with Crippen LogP contribution in [0.3, 0.4) is 0 Å². The minimum atomic E-state index is -0.347. The van der Waals surface area contributed by atoms with Crippen LogP contribution in [0.4, 0.5) is 0 Å². The molecule has 0 saturated carbocycles. The number of benzene rings is 1. The second-order valence-electron chi connectivity index (χ2n) is 4.53. The smallest absolute Gasteiger partial charge is 0.269 e. The summed E-state index contributed by atoms with van der Waals surface area (Å²) in [6.45, 7) is 0.657. The summed E-state index contributed by atoms with van der Waals surface area (Å²) < 4.78 is 5.28. The number of para-hydroxylation sites is 1. The van der Waals surface area contributed by atoms with Crippen molar-refractivity contribution in [2.45, 2.75) is 18.9 Å². The van der Waals surface area contributed by atoms with Gasteiger partial charge in [-0.05, 0) is 18.9 Å². The van der Waals surface area contributed by atoms with Crippen LogP contribution in [-0.4, -0.2) is 29.8 Å². The summed E-state index contributed by atoms with van der Waals surface area (Å²) in [6, 6.07) is 7.95. The highest BCUT2D eigenvalue weighted by atomic mass is 16.5. The van der Waals surface area contributed by atoms with E-state index in [9.17, 15) is 4.79 Å². The largest absolute Gasteiger partial charge is 0.368 e. The molecule has 19 heavy (non-hydrogen) atoms. The summed E-state index contributed by atoms with van der Waals surface area (Å²) in [7, 11) is 0. The summed E-state index contributed by atoms with van der Waals surface area (Å²) in [5.74, 6) is -0.173. The molecule has 1 aliphatic rings. The molecule has 1 atom stereocenters. The maximum Gasteiger partial charge on any atom is 0.269 e. The fourth-order valence-corrected chi connectivity index (χ4v) is 2.22. The maximum absolute atomic E-state index is 11.7. The highest BCUT2D eigenvalue weighted by molar-refractivity contribution is 5.99. The van der Waals surface area contributed by atoms with Crippen molar-refractivity contribution in [2.75, 3.05) is 6.61 Å². The number of hydrazone groups is 1. The number of hydrogen-bond acceptors (Lipinski definition) is 3. The van der Waals surface area contributed by atoms with E-state index in [-0.39, 0.29) is 12.0 Å². The molecule has 0 unspecified atom stereocenters. The molecule has 2 N–H and O–H groups in total. The van der Waals surface area contributed by atoms with Gasteiger partial charge in [0.2, 0.25) is 0 Å². The number of carbonyl (C=O) groups excluding carboxylic acids is 1. The van der Waals surface area contributed by atoms with Gasteiger partial charge in [-0.25, -0.2) is 5.43 Å². The number of hydrogen-bond donors (Lipinski definition) is 2. The zero-order valence-corrected chi connectivity index (χ0v) is 10.4. The van der Waals surface area contributed by atoms with Crippen LogP contribution in [0.5, 0.6) is 0 Å². The zero-order chi connectivity index (χ0) is 13.1. The Morgan fingerprint density at radius 1 is 1.47 bits per heavy atom. The summed E-state index contributed by atoms with van der Waals surface area (Å²) in [4.78, 5) is 14.8. The van der Waals surface area contributed by atoms with Crippen LogP contribution in [0.25, 0.3) is 10.9 Å². The first kappa shape index (κ1) is 11.9. The molecule has 98 valence electrons. The van der Waals surface area contributed by atoms with E-state index < -0.39 is 0 Å². The van der Waals surface area contributed by atoms with Gasteiger partial charge >= 0.3 is 0 Å². The zero-order valence-electron chi connectivity index (χ0n) is 10.4. The van der Waals surface area contributed by atoms with Crippen LogP contribution in [0.15, 0.2) is 35.6 Å². The van der Waals surface area contributed by atoms with Gasteiger partial charge in [-0.3, -0.25) is 4.79 Å². The van der Waals surface area contributed by atoms with E-state index in [1.54, 1.807) is 6.21 Å². The summed E-state index contributed by atoms with van der Waals surface area (Å²) in [5.41, 5.74) is 4.52. The molecule has 1 aliphatic heterocycles. The van der Waals surface area contributed by atoms with Crippen molar-refractivity contribution in [3.63, 3.8) is 0 Å². The van der Waals surface area contributed by atoms with Gasteiger partial charge in [-0.1, -0.05) is 18.2 Å². The standard InChI is InChI=1S/C14H15N3O2/c18-14(13-6-3-7-19-13)17-16-9-10-8-15-12-5-2-1-4-11(10)12/h1-2,4-5,8-9,13,15H,3,6-7H2,(H,17,18)/b16-9+/t13-/m0/s1. The first-order valence-electron chi connectivity index (χ1n) is 6.35. The predicted molar refractivity (Wildman–Crippen MR) is 73.0 cm³/mol. The number of aromatic nitrogens is 1. The number of fused-ring (bicyclic) bond motifs is 1. The van der Waals surface area contributed by atoms with Crippen molar-refractivity contribution in [3.8, 4) is 0 Å². The van der Waals surface area contributed by atoms with Crippen molar-refractivity contribution in [1.29, 1.82) is 0 Å². The molecule has 0 spiro atoms. The molecule has 0 radical (unpaired) electrons. The van der Waals surface area contributed by atoms with Crippen LogP contribution in [0, 0.1) is 0 Å². The van der Waals surface area contributed by atoms with Crippen molar-refractivity contribution >= 4 is 23.0 Å². The van der Waals surface area contributed by atoms with Crippen LogP contribution in [0.1, 0.15) is 18.4 Å². The minimum Gasteiger partial charge on any atom is -0.368 e. The van der Waals surface area contributed by atoms with Crippen LogP contribution in [-0.2, 0) is 9.53 Å². The Bertz CT molecular complexity index is 612. The first-order valence-corrected chi connectivity index (χ1v) is 6.35. The summed E-state index contributed by atoms with van der Waals surface area (Å²) in [5, 5.41) is 5.07. The molecule has 3 rings (SSSR count). The Morgan fingerprint density at radius 3 is 3.21 bits per heavy atom. The fraction of sp³-hybridized carbons (Fsp3) is 0.286. The normalized spacial score (nSPS) is 19.3. The van der Waals surface area contributed by atoms with E-state index >= 15 is 0 Å². The molecule has 1 saturated heterocycles. The number of carbonyl (C=O) groups is 1. The number of nitrogens with zero attached hydrogens (tertiary/aromatic N) is 1. The van der Waals surface area contributed by atoms with Gasteiger partial charge in [-0.2, -0.15) is 5.10 Å². The molecular weight excluding hydrogens is 242 g/mol. The molecule has 5 nitrogen and oxygen atoms in total. The summed E-state index contributed by atoms with van der Waals surface area (Å²) >= 11 is 0. The fourth-order valence-electron chi connectivity index (χ4n) is 2.22.